The minimum absolute atomic E-state index is 0.101. The molecule has 1 heterocycles. The number of hydrogen-bond donors (Lipinski definition) is 1. The van der Waals surface area contributed by atoms with Crippen LogP contribution in [0.4, 0.5) is 5.69 Å². The zero-order chi connectivity index (χ0) is 14.0. The Kier molecular flexibility index (Phi) is 3.90. The topological polar surface area (TPSA) is 60.9 Å². The number of rotatable bonds is 4. The maximum Gasteiger partial charge on any atom is 0.141 e. The van der Waals surface area contributed by atoms with Gasteiger partial charge in [-0.1, -0.05) is 23.7 Å². The summed E-state index contributed by atoms with van der Waals surface area (Å²) in [5.74, 6) is 0.101. The smallest absolute Gasteiger partial charge is 0.141 e. The Morgan fingerprint density at radius 2 is 2.16 bits per heavy atom. The monoisotopic (exact) mass is 277 g/mol. The van der Waals surface area contributed by atoms with Gasteiger partial charge in [0.25, 0.3) is 0 Å². The number of carbonyl (C=O) groups is 1. The zero-order valence-electron chi connectivity index (χ0n) is 11.0. The van der Waals surface area contributed by atoms with E-state index in [0.717, 1.165) is 16.8 Å². The fourth-order valence-electron chi connectivity index (χ4n) is 2.07. The molecule has 0 saturated heterocycles. The van der Waals surface area contributed by atoms with Gasteiger partial charge in [0.05, 0.1) is 5.69 Å². The lowest BCUT2D eigenvalue weighted by atomic mass is 10.0. The van der Waals surface area contributed by atoms with Gasteiger partial charge in [-0.25, -0.2) is 0 Å². The summed E-state index contributed by atoms with van der Waals surface area (Å²) in [6, 6.07) is 7.36. The number of hydrogen-bond acceptors (Lipinski definition) is 3. The molecule has 0 spiro atoms. The highest BCUT2D eigenvalue weighted by atomic mass is 35.5. The number of anilines is 1. The molecule has 2 N–H and O–H groups in total. The third kappa shape index (κ3) is 3.15. The molecular weight excluding hydrogens is 262 g/mol. The highest BCUT2D eigenvalue weighted by molar-refractivity contribution is 6.30. The van der Waals surface area contributed by atoms with Gasteiger partial charge in [0, 0.05) is 31.1 Å². The van der Waals surface area contributed by atoms with Crippen LogP contribution >= 0.6 is 11.6 Å². The molecule has 100 valence electrons. The van der Waals surface area contributed by atoms with Gasteiger partial charge in [-0.2, -0.15) is 5.10 Å². The van der Waals surface area contributed by atoms with E-state index in [1.54, 1.807) is 17.8 Å². The number of Topliss-reactive ketones (excluding diaryl/α,β-unsaturated/α-hetero) is 1. The summed E-state index contributed by atoms with van der Waals surface area (Å²) in [4.78, 5) is 12.1. The van der Waals surface area contributed by atoms with Gasteiger partial charge < -0.3 is 5.73 Å². The molecule has 1 aromatic carbocycles. The molecule has 0 radical (unpaired) electrons. The molecule has 2 aromatic rings. The number of benzene rings is 1. The van der Waals surface area contributed by atoms with Crippen molar-refractivity contribution in [1.29, 1.82) is 0 Å². The first-order valence-electron chi connectivity index (χ1n) is 6.01. The number of aryl methyl sites for hydroxylation is 2. The van der Waals surface area contributed by atoms with Gasteiger partial charge in [-0.3, -0.25) is 9.48 Å². The van der Waals surface area contributed by atoms with Crippen LogP contribution in [0.3, 0.4) is 0 Å². The predicted octanol–water partition coefficient (Wildman–Crippen LogP) is 2.32. The van der Waals surface area contributed by atoms with E-state index in [-0.39, 0.29) is 5.78 Å². The van der Waals surface area contributed by atoms with E-state index in [2.05, 4.69) is 5.10 Å². The van der Waals surface area contributed by atoms with E-state index >= 15 is 0 Å². The van der Waals surface area contributed by atoms with Crippen molar-refractivity contribution >= 4 is 23.1 Å². The van der Waals surface area contributed by atoms with E-state index < -0.39 is 0 Å². The SMILES string of the molecule is Cc1nn(C)c(Cl)c1CC(=O)Cc1cccc(N)c1. The van der Waals surface area contributed by atoms with Gasteiger partial charge >= 0.3 is 0 Å². The molecule has 0 amide bonds. The van der Waals surface area contributed by atoms with Crippen molar-refractivity contribution < 1.29 is 4.79 Å². The summed E-state index contributed by atoms with van der Waals surface area (Å²) < 4.78 is 1.58. The molecule has 0 aliphatic heterocycles. The molecule has 0 atom stereocenters. The summed E-state index contributed by atoms with van der Waals surface area (Å²) >= 11 is 6.11. The maximum absolute atomic E-state index is 12.1. The van der Waals surface area contributed by atoms with Crippen LogP contribution in [0, 0.1) is 6.92 Å². The molecule has 19 heavy (non-hydrogen) atoms. The number of aromatic nitrogens is 2. The normalized spacial score (nSPS) is 10.7. The van der Waals surface area contributed by atoms with Crippen LogP contribution < -0.4 is 5.73 Å². The Bertz CT molecular complexity index is 619. The first-order chi connectivity index (χ1) is 8.97. The maximum atomic E-state index is 12.1. The van der Waals surface area contributed by atoms with Crippen molar-refractivity contribution in [3.63, 3.8) is 0 Å². The summed E-state index contributed by atoms with van der Waals surface area (Å²) in [5, 5.41) is 4.72. The Hall–Kier alpha value is -1.81. The molecule has 4 nitrogen and oxygen atoms in total. The molecule has 0 aliphatic rings. The standard InChI is InChI=1S/C14H16ClN3O/c1-9-13(14(15)18(2)17-9)8-12(19)7-10-4-3-5-11(16)6-10/h3-6H,7-8,16H2,1-2H3. The number of nitrogens with two attached hydrogens (primary N) is 1. The van der Waals surface area contributed by atoms with Gasteiger partial charge in [0.2, 0.25) is 0 Å². The van der Waals surface area contributed by atoms with E-state index in [1.165, 1.54) is 0 Å². The van der Waals surface area contributed by atoms with E-state index in [0.29, 0.717) is 23.7 Å². The van der Waals surface area contributed by atoms with Gasteiger partial charge in [0.1, 0.15) is 10.9 Å². The highest BCUT2D eigenvalue weighted by Crippen LogP contribution is 2.20. The average molecular weight is 278 g/mol. The Morgan fingerprint density at radius 3 is 2.74 bits per heavy atom. The lowest BCUT2D eigenvalue weighted by molar-refractivity contribution is -0.117. The second kappa shape index (κ2) is 5.45. The van der Waals surface area contributed by atoms with Crippen molar-refractivity contribution in [3.8, 4) is 0 Å². The van der Waals surface area contributed by atoms with Gasteiger partial charge in [-0.05, 0) is 24.6 Å². The largest absolute Gasteiger partial charge is 0.399 e. The van der Waals surface area contributed by atoms with Crippen LogP contribution in [-0.2, 0) is 24.7 Å². The van der Waals surface area contributed by atoms with Crippen LogP contribution in [0.15, 0.2) is 24.3 Å². The third-order valence-corrected chi connectivity index (χ3v) is 3.47. The number of halogens is 1. The lowest BCUT2D eigenvalue weighted by Gasteiger charge is -2.03. The fraction of sp³-hybridized carbons (Fsp3) is 0.286. The van der Waals surface area contributed by atoms with Crippen LogP contribution in [0.2, 0.25) is 5.15 Å². The second-order valence-corrected chi connectivity index (χ2v) is 4.97. The minimum atomic E-state index is 0.101. The molecule has 0 bridgehead atoms. The van der Waals surface area contributed by atoms with Crippen LogP contribution in [0.25, 0.3) is 0 Å². The first-order valence-corrected chi connectivity index (χ1v) is 6.39. The summed E-state index contributed by atoms with van der Waals surface area (Å²) in [5.41, 5.74) is 8.88. The molecule has 5 heteroatoms. The summed E-state index contributed by atoms with van der Waals surface area (Å²) in [7, 11) is 1.77. The third-order valence-electron chi connectivity index (χ3n) is 3.00. The Labute approximate surface area is 117 Å². The van der Waals surface area contributed by atoms with E-state index in [4.69, 9.17) is 17.3 Å². The Balaban J connectivity index is 2.09. The molecule has 2 rings (SSSR count). The molecular formula is C14H16ClN3O. The number of nitrogen functional groups attached to an aromatic ring is 1. The summed E-state index contributed by atoms with van der Waals surface area (Å²) in [6.07, 6.45) is 0.656. The summed E-state index contributed by atoms with van der Waals surface area (Å²) in [6.45, 7) is 1.86. The average Bonchev–Trinajstić information content (AvgIpc) is 2.56. The highest BCUT2D eigenvalue weighted by Gasteiger charge is 2.15. The second-order valence-electron chi connectivity index (χ2n) is 4.62. The zero-order valence-corrected chi connectivity index (χ0v) is 11.7. The Morgan fingerprint density at radius 1 is 1.42 bits per heavy atom. The van der Waals surface area contributed by atoms with Crippen molar-refractivity contribution in [3.05, 3.63) is 46.2 Å². The molecule has 0 saturated carbocycles. The molecule has 0 aliphatic carbocycles. The van der Waals surface area contributed by atoms with Crippen molar-refractivity contribution in [2.24, 2.45) is 7.05 Å². The first kappa shape index (κ1) is 13.6. The molecule has 0 fully saturated rings. The lowest BCUT2D eigenvalue weighted by Crippen LogP contribution is -2.07. The van der Waals surface area contributed by atoms with Crippen LogP contribution in [0.5, 0.6) is 0 Å². The van der Waals surface area contributed by atoms with Crippen molar-refractivity contribution in [1.82, 2.24) is 9.78 Å². The van der Waals surface area contributed by atoms with Gasteiger partial charge in [-0.15, -0.1) is 0 Å². The number of ketones is 1. The molecule has 0 unspecified atom stereocenters. The van der Waals surface area contributed by atoms with Crippen molar-refractivity contribution in [2.75, 3.05) is 5.73 Å². The quantitative estimate of drug-likeness (QED) is 0.873. The van der Waals surface area contributed by atoms with E-state index in [9.17, 15) is 4.79 Å². The predicted molar refractivity (Wildman–Crippen MR) is 76.2 cm³/mol. The minimum Gasteiger partial charge on any atom is -0.399 e. The number of carbonyl (C=O) groups excluding carboxylic acids is 1. The van der Waals surface area contributed by atoms with Gasteiger partial charge in [0.15, 0.2) is 0 Å². The molecule has 1 aromatic heterocycles. The van der Waals surface area contributed by atoms with Crippen LogP contribution in [0.1, 0.15) is 16.8 Å². The van der Waals surface area contributed by atoms with Crippen molar-refractivity contribution in [2.45, 2.75) is 19.8 Å². The number of nitrogens with zero attached hydrogens (tertiary/aromatic N) is 2. The van der Waals surface area contributed by atoms with E-state index in [1.807, 2.05) is 25.1 Å². The fourth-order valence-corrected chi connectivity index (χ4v) is 2.31. The van der Waals surface area contributed by atoms with Crippen LogP contribution in [-0.4, -0.2) is 15.6 Å².